The van der Waals surface area contributed by atoms with Gasteiger partial charge in [-0.1, -0.05) is 37.3 Å². The van der Waals surface area contributed by atoms with Crippen LogP contribution in [0.4, 0.5) is 0 Å². The highest BCUT2D eigenvalue weighted by Gasteiger charge is 2.64. The second-order valence-electron chi connectivity index (χ2n) is 11.2. The number of phenols is 1. The Morgan fingerprint density at radius 3 is 2.29 bits per heavy atom. The number of likely N-dealkylation sites (N-methyl/N-ethyl adjacent to an activating group) is 1. The van der Waals surface area contributed by atoms with E-state index in [0.29, 0.717) is 24.0 Å². The number of primary amides is 1. The zero-order chi connectivity index (χ0) is 30.0. The lowest BCUT2D eigenvalue weighted by molar-refractivity contribution is -0.153. The van der Waals surface area contributed by atoms with Crippen molar-refractivity contribution in [2.45, 2.75) is 44.2 Å². The van der Waals surface area contributed by atoms with Crippen LogP contribution >= 0.6 is 0 Å². The van der Waals surface area contributed by atoms with E-state index in [0.717, 1.165) is 11.1 Å². The predicted molar refractivity (Wildman–Crippen MR) is 149 cm³/mol. The SMILES string of the molecule is CCC(=O)Cc1ccc(-c2ccc(O)c3c2C[C@@H]2C[C@@H]4[C@@H](N(C)C)C(=O)C(C(N)=O)=C(O)[C@]4(O)C(=O)C2=C3O)cc1. The van der Waals surface area contributed by atoms with E-state index in [4.69, 9.17) is 5.73 Å². The van der Waals surface area contributed by atoms with E-state index in [-0.39, 0.29) is 35.5 Å². The number of fused-ring (bicyclic) bond motifs is 3. The molecule has 3 aliphatic carbocycles. The number of nitrogens with zero attached hydrogens (tertiary/aromatic N) is 1. The third kappa shape index (κ3) is 4.17. The fourth-order valence-electron chi connectivity index (χ4n) is 6.67. The maximum Gasteiger partial charge on any atom is 0.255 e. The number of ketones is 3. The second-order valence-corrected chi connectivity index (χ2v) is 11.2. The molecule has 0 saturated heterocycles. The monoisotopic (exact) mass is 560 g/mol. The quantitative estimate of drug-likeness (QED) is 0.331. The molecular formula is C31H32N2O8. The molecule has 41 heavy (non-hydrogen) atoms. The first-order valence-corrected chi connectivity index (χ1v) is 13.4. The minimum Gasteiger partial charge on any atom is -0.508 e. The minimum absolute atomic E-state index is 0.0128. The Morgan fingerprint density at radius 2 is 1.71 bits per heavy atom. The molecule has 0 radical (unpaired) electrons. The van der Waals surface area contributed by atoms with E-state index < -0.39 is 58.0 Å². The normalized spacial score (nSPS) is 25.6. The molecule has 0 unspecified atom stereocenters. The first-order chi connectivity index (χ1) is 19.3. The number of amides is 1. The van der Waals surface area contributed by atoms with Gasteiger partial charge in [-0.05, 0) is 61.2 Å². The fraction of sp³-hybridized carbons (Fsp3) is 0.355. The molecule has 4 atom stereocenters. The summed E-state index contributed by atoms with van der Waals surface area (Å²) in [5.74, 6) is -6.74. The third-order valence-corrected chi connectivity index (χ3v) is 8.66. The average Bonchev–Trinajstić information content (AvgIpc) is 2.91. The number of hydrogen-bond donors (Lipinski definition) is 5. The molecule has 5 rings (SSSR count). The summed E-state index contributed by atoms with van der Waals surface area (Å²) in [7, 11) is 3.11. The smallest absolute Gasteiger partial charge is 0.255 e. The number of rotatable bonds is 6. The summed E-state index contributed by atoms with van der Waals surface area (Å²) in [6, 6.07) is 9.35. The zero-order valence-electron chi connectivity index (χ0n) is 23.0. The van der Waals surface area contributed by atoms with E-state index in [1.54, 1.807) is 20.2 Å². The van der Waals surface area contributed by atoms with Crippen molar-refractivity contribution >= 4 is 29.0 Å². The summed E-state index contributed by atoms with van der Waals surface area (Å²) in [4.78, 5) is 52.6. The molecule has 0 heterocycles. The van der Waals surface area contributed by atoms with E-state index in [1.807, 2.05) is 31.2 Å². The minimum atomic E-state index is -2.68. The number of nitrogens with two attached hydrogens (primary N) is 1. The van der Waals surface area contributed by atoms with Crippen molar-refractivity contribution in [2.24, 2.45) is 17.6 Å². The van der Waals surface area contributed by atoms with Crippen molar-refractivity contribution in [1.82, 2.24) is 4.90 Å². The lowest BCUT2D eigenvalue weighted by Crippen LogP contribution is -2.65. The van der Waals surface area contributed by atoms with Gasteiger partial charge in [-0.2, -0.15) is 0 Å². The number of phenolic OH excluding ortho intramolecular Hbond substituents is 1. The standard InChI is InChI=1S/C31H32N2O8/c1-4-17(34)11-14-5-7-15(8-6-14)18-9-10-21(35)23-19(18)12-16-13-20-25(33(2)3)27(37)24(30(32)40)29(39)31(20,41)28(38)22(16)26(23)36/h5-10,16,20,25,35-36,39,41H,4,11-13H2,1-3H3,(H2,32,40)/t16-,20-,25-,31-/m1/s1. The molecule has 3 aliphatic rings. The molecule has 2 aromatic rings. The zero-order valence-corrected chi connectivity index (χ0v) is 23.0. The molecule has 0 bridgehead atoms. The number of carbonyl (C=O) groups is 4. The van der Waals surface area contributed by atoms with Gasteiger partial charge in [0.25, 0.3) is 5.91 Å². The number of aromatic hydroxyl groups is 1. The maximum atomic E-state index is 14.0. The molecule has 2 aromatic carbocycles. The van der Waals surface area contributed by atoms with Gasteiger partial charge < -0.3 is 26.2 Å². The van der Waals surface area contributed by atoms with Crippen LogP contribution in [0.25, 0.3) is 16.9 Å². The van der Waals surface area contributed by atoms with Gasteiger partial charge in [0.2, 0.25) is 5.78 Å². The second kappa shape index (κ2) is 9.97. The third-order valence-electron chi connectivity index (χ3n) is 8.66. The Labute approximate surface area is 236 Å². The van der Waals surface area contributed by atoms with Gasteiger partial charge in [0.05, 0.1) is 11.6 Å². The Morgan fingerprint density at radius 1 is 1.05 bits per heavy atom. The molecule has 10 nitrogen and oxygen atoms in total. The Kier molecular flexibility index (Phi) is 6.87. The highest BCUT2D eigenvalue weighted by atomic mass is 16.3. The number of benzene rings is 2. The van der Waals surface area contributed by atoms with Crippen molar-refractivity contribution in [3.05, 3.63) is 70.0 Å². The highest BCUT2D eigenvalue weighted by Crippen LogP contribution is 2.53. The summed E-state index contributed by atoms with van der Waals surface area (Å²) in [5.41, 5.74) is 4.58. The predicted octanol–water partition coefficient (Wildman–Crippen LogP) is 2.15. The van der Waals surface area contributed by atoms with Crippen LogP contribution in [-0.2, 0) is 32.0 Å². The van der Waals surface area contributed by atoms with Crippen LogP contribution in [0.3, 0.4) is 0 Å². The molecule has 0 aliphatic heterocycles. The Balaban J connectivity index is 1.65. The van der Waals surface area contributed by atoms with Crippen LogP contribution < -0.4 is 5.73 Å². The number of aliphatic hydroxyl groups is 3. The molecule has 0 aromatic heterocycles. The molecule has 0 spiro atoms. The van der Waals surface area contributed by atoms with Gasteiger partial charge in [-0.15, -0.1) is 0 Å². The van der Waals surface area contributed by atoms with Crippen molar-refractivity contribution in [3.8, 4) is 16.9 Å². The maximum absolute atomic E-state index is 14.0. The van der Waals surface area contributed by atoms with Crippen LogP contribution in [0, 0.1) is 11.8 Å². The van der Waals surface area contributed by atoms with Gasteiger partial charge in [0.15, 0.2) is 11.4 Å². The molecule has 1 fully saturated rings. The summed E-state index contributed by atoms with van der Waals surface area (Å²) in [6.45, 7) is 1.81. The van der Waals surface area contributed by atoms with E-state index in [9.17, 15) is 39.6 Å². The van der Waals surface area contributed by atoms with E-state index in [2.05, 4.69) is 0 Å². The molecule has 10 heteroatoms. The van der Waals surface area contributed by atoms with E-state index in [1.165, 1.54) is 11.0 Å². The number of hydrogen-bond acceptors (Lipinski definition) is 9. The van der Waals surface area contributed by atoms with Gasteiger partial charge in [-0.3, -0.25) is 24.1 Å². The fourth-order valence-corrected chi connectivity index (χ4v) is 6.67. The molecule has 214 valence electrons. The van der Waals surface area contributed by atoms with Crippen LogP contribution in [0.2, 0.25) is 0 Å². The van der Waals surface area contributed by atoms with Gasteiger partial charge >= 0.3 is 0 Å². The van der Waals surface area contributed by atoms with Crippen molar-refractivity contribution in [1.29, 1.82) is 0 Å². The number of aliphatic hydroxyl groups excluding tert-OH is 2. The lowest BCUT2D eigenvalue weighted by Gasteiger charge is -2.50. The first-order valence-electron chi connectivity index (χ1n) is 13.4. The van der Waals surface area contributed by atoms with Crippen LogP contribution in [0.1, 0.15) is 36.5 Å². The number of Topliss-reactive ketones (excluding diaryl/α,β-unsaturated/α-hetero) is 3. The molecule has 1 saturated carbocycles. The molecular weight excluding hydrogens is 528 g/mol. The summed E-state index contributed by atoms with van der Waals surface area (Å²) in [5, 5.41) is 44.9. The van der Waals surface area contributed by atoms with Crippen molar-refractivity contribution in [3.63, 3.8) is 0 Å². The molecule has 1 amide bonds. The Bertz CT molecular complexity index is 1570. The summed E-state index contributed by atoms with van der Waals surface area (Å²) in [6.07, 6.45) is 0.957. The average molecular weight is 561 g/mol. The van der Waals surface area contributed by atoms with Gasteiger partial charge in [0.1, 0.15) is 28.6 Å². The van der Waals surface area contributed by atoms with Crippen LogP contribution in [0.15, 0.2) is 53.3 Å². The molecule has 6 N–H and O–H groups in total. The van der Waals surface area contributed by atoms with Gasteiger partial charge in [0, 0.05) is 24.3 Å². The number of carbonyl (C=O) groups excluding carboxylic acids is 4. The first kappa shape index (κ1) is 28.3. The van der Waals surface area contributed by atoms with Crippen molar-refractivity contribution < 1.29 is 39.6 Å². The lowest BCUT2D eigenvalue weighted by atomic mass is 9.57. The highest BCUT2D eigenvalue weighted by molar-refractivity contribution is 6.24. The Hall–Kier alpha value is -4.28. The summed E-state index contributed by atoms with van der Waals surface area (Å²) < 4.78 is 0. The topological polar surface area (TPSA) is 178 Å². The van der Waals surface area contributed by atoms with E-state index >= 15 is 0 Å². The largest absolute Gasteiger partial charge is 0.508 e. The van der Waals surface area contributed by atoms with Crippen LogP contribution in [0.5, 0.6) is 5.75 Å². The van der Waals surface area contributed by atoms with Crippen molar-refractivity contribution in [2.75, 3.05) is 14.1 Å². The van der Waals surface area contributed by atoms with Crippen LogP contribution in [-0.4, -0.2) is 74.3 Å². The van der Waals surface area contributed by atoms with Gasteiger partial charge in [-0.25, -0.2) is 0 Å². The summed E-state index contributed by atoms with van der Waals surface area (Å²) >= 11 is 0.